The van der Waals surface area contributed by atoms with Crippen LogP contribution in [-0.4, -0.2) is 45.7 Å². The fourth-order valence-electron chi connectivity index (χ4n) is 2.64. The third-order valence-corrected chi connectivity index (χ3v) is 4.10. The van der Waals surface area contributed by atoms with Crippen molar-refractivity contribution in [3.8, 4) is 0 Å². The predicted octanol–water partition coefficient (Wildman–Crippen LogP) is 1.98. The first kappa shape index (κ1) is 17.7. The fraction of sp³-hybridized carbons (Fsp3) is 0.714. The average molecular weight is 346 g/mol. The monoisotopic (exact) mass is 345 g/mol. The van der Waals surface area contributed by atoms with E-state index < -0.39 is 24.3 Å². The van der Waals surface area contributed by atoms with Crippen molar-refractivity contribution in [1.82, 2.24) is 15.0 Å². The van der Waals surface area contributed by atoms with Crippen molar-refractivity contribution in [2.75, 3.05) is 6.61 Å². The van der Waals surface area contributed by atoms with Gasteiger partial charge in [-0.05, 0) is 13.3 Å². The first-order valence-corrected chi connectivity index (χ1v) is 7.88. The molecule has 9 heteroatoms. The number of hydrogen-bond donors (Lipinski definition) is 0. The second-order valence-electron chi connectivity index (χ2n) is 5.30. The summed E-state index contributed by atoms with van der Waals surface area (Å²) in [5.74, 6) is -1.12. The Hall–Kier alpha value is -1.67. The normalized spacial score (nSPS) is 27.0. The van der Waals surface area contributed by atoms with Gasteiger partial charge in [0.05, 0.1) is 12.7 Å². The van der Waals surface area contributed by atoms with Crippen LogP contribution < -0.4 is 0 Å². The number of carbonyl (C=O) groups excluding carboxylic acids is 2. The van der Waals surface area contributed by atoms with Crippen molar-refractivity contribution in [3.63, 3.8) is 0 Å². The van der Waals surface area contributed by atoms with E-state index in [0.717, 1.165) is 6.42 Å². The number of halogens is 1. The molecule has 0 N–H and O–H groups in total. The minimum Gasteiger partial charge on any atom is -0.461 e. The molecule has 1 saturated heterocycles. The molecule has 0 bridgehead atoms. The number of hydrogen-bond acceptors (Lipinski definition) is 7. The van der Waals surface area contributed by atoms with E-state index in [2.05, 4.69) is 10.3 Å². The summed E-state index contributed by atoms with van der Waals surface area (Å²) >= 11 is 6.19. The van der Waals surface area contributed by atoms with Crippen molar-refractivity contribution in [2.24, 2.45) is 5.92 Å². The Balaban J connectivity index is 2.31. The predicted molar refractivity (Wildman–Crippen MR) is 79.9 cm³/mol. The van der Waals surface area contributed by atoms with Crippen LogP contribution >= 0.6 is 11.6 Å². The van der Waals surface area contributed by atoms with Crippen LogP contribution in [0.15, 0.2) is 0 Å². The van der Waals surface area contributed by atoms with Crippen LogP contribution in [-0.2, 0) is 19.0 Å². The van der Waals surface area contributed by atoms with Crippen LogP contribution in [0.2, 0.25) is 5.15 Å². The van der Waals surface area contributed by atoms with Crippen molar-refractivity contribution < 1.29 is 23.8 Å². The maximum Gasteiger partial charge on any atom is 0.362 e. The third kappa shape index (κ3) is 3.48. The lowest BCUT2D eigenvalue weighted by atomic mass is 9.98. The summed E-state index contributed by atoms with van der Waals surface area (Å²) in [6.45, 7) is 7.11. The van der Waals surface area contributed by atoms with E-state index in [1.807, 2.05) is 13.8 Å². The van der Waals surface area contributed by atoms with E-state index in [1.165, 1.54) is 11.6 Å². The second-order valence-corrected chi connectivity index (χ2v) is 5.66. The highest BCUT2D eigenvalue weighted by atomic mass is 35.5. The molecule has 2 heterocycles. The molecular weight excluding hydrogens is 326 g/mol. The number of nitrogens with zero attached hydrogens (tertiary/aromatic N) is 3. The van der Waals surface area contributed by atoms with E-state index in [-0.39, 0.29) is 29.5 Å². The number of esters is 2. The highest BCUT2D eigenvalue weighted by molar-refractivity contribution is 6.32. The second kappa shape index (κ2) is 7.27. The van der Waals surface area contributed by atoms with Crippen LogP contribution in [0.25, 0.3) is 0 Å². The van der Waals surface area contributed by atoms with Crippen molar-refractivity contribution in [1.29, 1.82) is 0 Å². The standard InChI is InChI=1S/C14H20ClN3O5/c1-5-9-7(3)11(22-8(4)19)13(23-9)18-12(15)10(16-17-18)14(20)21-6-2/h7,9,11,13H,5-6H2,1-4H3/t7-,9-,11-,13-/m1/s1. The van der Waals surface area contributed by atoms with Gasteiger partial charge in [0.2, 0.25) is 5.69 Å². The summed E-state index contributed by atoms with van der Waals surface area (Å²) in [7, 11) is 0. The molecule has 1 aromatic rings. The molecule has 128 valence electrons. The fourth-order valence-corrected chi connectivity index (χ4v) is 2.89. The quantitative estimate of drug-likeness (QED) is 0.753. The number of ether oxygens (including phenoxy) is 3. The Morgan fingerprint density at radius 3 is 2.65 bits per heavy atom. The molecule has 0 radical (unpaired) electrons. The summed E-state index contributed by atoms with van der Waals surface area (Å²) in [5.41, 5.74) is -0.0914. The first-order valence-electron chi connectivity index (χ1n) is 7.51. The van der Waals surface area contributed by atoms with Crippen molar-refractivity contribution in [2.45, 2.75) is 52.6 Å². The van der Waals surface area contributed by atoms with Crippen molar-refractivity contribution >= 4 is 23.5 Å². The summed E-state index contributed by atoms with van der Waals surface area (Å²) in [6, 6.07) is 0. The SMILES string of the molecule is CCOC(=O)c1nnn([C@@H]2O[C@H](CC)[C@@H](C)[C@H]2OC(C)=O)c1Cl. The van der Waals surface area contributed by atoms with Gasteiger partial charge in [0.1, 0.15) is 0 Å². The molecule has 0 unspecified atom stereocenters. The van der Waals surface area contributed by atoms with Gasteiger partial charge < -0.3 is 14.2 Å². The van der Waals surface area contributed by atoms with Crippen LogP contribution in [0, 0.1) is 5.92 Å². The van der Waals surface area contributed by atoms with Gasteiger partial charge in [0.25, 0.3) is 0 Å². The largest absolute Gasteiger partial charge is 0.461 e. The molecular formula is C14H20ClN3O5. The van der Waals surface area contributed by atoms with Gasteiger partial charge >= 0.3 is 11.9 Å². The molecule has 0 aromatic carbocycles. The molecule has 0 spiro atoms. The smallest absolute Gasteiger partial charge is 0.362 e. The highest BCUT2D eigenvalue weighted by Gasteiger charge is 2.46. The Labute approximate surface area is 139 Å². The Morgan fingerprint density at radius 1 is 1.39 bits per heavy atom. The molecule has 0 amide bonds. The molecule has 2 rings (SSSR count). The molecule has 1 fully saturated rings. The lowest BCUT2D eigenvalue weighted by Crippen LogP contribution is -2.30. The number of aromatic nitrogens is 3. The molecule has 0 saturated carbocycles. The van der Waals surface area contributed by atoms with E-state index >= 15 is 0 Å². The summed E-state index contributed by atoms with van der Waals surface area (Å²) in [4.78, 5) is 23.2. The molecule has 8 nitrogen and oxygen atoms in total. The van der Waals surface area contributed by atoms with Gasteiger partial charge in [-0.3, -0.25) is 4.79 Å². The van der Waals surface area contributed by atoms with E-state index in [9.17, 15) is 9.59 Å². The third-order valence-electron chi connectivity index (χ3n) is 3.75. The topological polar surface area (TPSA) is 92.5 Å². The van der Waals surface area contributed by atoms with Gasteiger partial charge in [-0.15, -0.1) is 5.10 Å². The number of rotatable bonds is 5. The minimum atomic E-state index is -0.734. The molecule has 1 aliphatic heterocycles. The molecule has 1 aliphatic rings. The first-order chi connectivity index (χ1) is 10.9. The van der Waals surface area contributed by atoms with Gasteiger partial charge in [-0.1, -0.05) is 30.7 Å². The lowest BCUT2D eigenvalue weighted by molar-refractivity contribution is -0.154. The van der Waals surface area contributed by atoms with Crippen LogP contribution in [0.1, 0.15) is 50.8 Å². The zero-order chi connectivity index (χ0) is 17.1. The lowest BCUT2D eigenvalue weighted by Gasteiger charge is -2.20. The summed E-state index contributed by atoms with van der Waals surface area (Å²) in [6.07, 6.45) is -0.670. The maximum atomic E-state index is 11.8. The zero-order valence-corrected chi connectivity index (χ0v) is 14.2. The van der Waals surface area contributed by atoms with E-state index in [0.29, 0.717) is 0 Å². The summed E-state index contributed by atoms with van der Waals surface area (Å²) in [5, 5.41) is 7.63. The Morgan fingerprint density at radius 2 is 2.09 bits per heavy atom. The number of carbonyl (C=O) groups is 2. The molecule has 0 aliphatic carbocycles. The van der Waals surface area contributed by atoms with Gasteiger partial charge in [-0.25, -0.2) is 9.48 Å². The maximum absolute atomic E-state index is 11.8. The minimum absolute atomic E-state index is 0.00504. The summed E-state index contributed by atoms with van der Waals surface area (Å²) < 4.78 is 17.4. The van der Waals surface area contributed by atoms with Gasteiger partial charge in [0.15, 0.2) is 17.5 Å². The highest BCUT2D eigenvalue weighted by Crippen LogP contribution is 2.38. The van der Waals surface area contributed by atoms with E-state index in [1.54, 1.807) is 6.92 Å². The van der Waals surface area contributed by atoms with Crippen LogP contribution in [0.3, 0.4) is 0 Å². The molecule has 4 atom stereocenters. The van der Waals surface area contributed by atoms with E-state index in [4.69, 9.17) is 25.8 Å². The van der Waals surface area contributed by atoms with Crippen LogP contribution in [0.5, 0.6) is 0 Å². The van der Waals surface area contributed by atoms with Gasteiger partial charge in [0, 0.05) is 12.8 Å². The van der Waals surface area contributed by atoms with Crippen molar-refractivity contribution in [3.05, 3.63) is 10.8 Å². The molecule has 23 heavy (non-hydrogen) atoms. The Kier molecular flexibility index (Phi) is 5.59. The average Bonchev–Trinajstić information content (AvgIpc) is 3.00. The van der Waals surface area contributed by atoms with Crippen LogP contribution in [0.4, 0.5) is 0 Å². The Bertz CT molecular complexity index is 591. The molecule has 1 aromatic heterocycles. The van der Waals surface area contributed by atoms with Gasteiger partial charge in [-0.2, -0.15) is 0 Å². The zero-order valence-electron chi connectivity index (χ0n) is 13.5.